The van der Waals surface area contributed by atoms with Crippen molar-refractivity contribution in [3.8, 4) is 11.3 Å². The summed E-state index contributed by atoms with van der Waals surface area (Å²) in [4.78, 5) is 16.5. The predicted octanol–water partition coefficient (Wildman–Crippen LogP) is 3.76. The largest absolute Gasteiger partial charge is 0.352 e. The van der Waals surface area contributed by atoms with Gasteiger partial charge in [-0.05, 0) is 17.7 Å². The fraction of sp³-hybridized carbons (Fsp3) is 0.238. The van der Waals surface area contributed by atoms with Gasteiger partial charge in [-0.25, -0.2) is 4.39 Å². The van der Waals surface area contributed by atoms with Crippen molar-refractivity contribution in [2.45, 2.75) is 6.42 Å². The number of H-pyrrole nitrogens is 1. The third-order valence-electron chi connectivity index (χ3n) is 5.00. The van der Waals surface area contributed by atoms with Crippen molar-refractivity contribution >= 4 is 23.3 Å². The number of aromatic amines is 1. The lowest BCUT2D eigenvalue weighted by Crippen LogP contribution is -2.49. The van der Waals surface area contributed by atoms with Gasteiger partial charge in [0.1, 0.15) is 5.82 Å². The van der Waals surface area contributed by atoms with E-state index in [0.29, 0.717) is 26.2 Å². The number of benzene rings is 2. The molecule has 1 N–H and O–H groups in total. The number of aromatic nitrogens is 2. The molecule has 2 aromatic carbocycles. The average Bonchev–Trinajstić information content (AvgIpc) is 3.22. The molecule has 4 rings (SSSR count). The highest BCUT2D eigenvalue weighted by molar-refractivity contribution is 6.31. The van der Waals surface area contributed by atoms with Crippen LogP contribution in [0.2, 0.25) is 5.02 Å². The number of nitrogens with zero attached hydrogens (tertiary/aromatic N) is 3. The van der Waals surface area contributed by atoms with Crippen LogP contribution in [0.3, 0.4) is 0 Å². The molecule has 0 spiro atoms. The topological polar surface area (TPSA) is 52.2 Å². The zero-order valence-corrected chi connectivity index (χ0v) is 16.0. The quantitative estimate of drug-likeness (QED) is 0.728. The van der Waals surface area contributed by atoms with Gasteiger partial charge in [-0.1, -0.05) is 48.0 Å². The molecule has 144 valence electrons. The summed E-state index contributed by atoms with van der Waals surface area (Å²) in [5.41, 5.74) is 2.30. The zero-order chi connectivity index (χ0) is 19.5. The molecular weight excluding hydrogens is 379 g/mol. The summed E-state index contributed by atoms with van der Waals surface area (Å²) in [6.07, 6.45) is -0.0218. The molecule has 0 atom stereocenters. The van der Waals surface area contributed by atoms with Crippen molar-refractivity contribution in [1.82, 2.24) is 15.1 Å². The van der Waals surface area contributed by atoms with Crippen molar-refractivity contribution in [2.24, 2.45) is 0 Å². The Morgan fingerprint density at radius 1 is 1.07 bits per heavy atom. The molecule has 0 unspecified atom stereocenters. The molecule has 2 heterocycles. The van der Waals surface area contributed by atoms with Gasteiger partial charge in [-0.15, -0.1) is 0 Å². The van der Waals surface area contributed by atoms with Crippen LogP contribution in [0, 0.1) is 5.82 Å². The lowest BCUT2D eigenvalue weighted by Gasteiger charge is -2.35. The Morgan fingerprint density at radius 3 is 2.54 bits per heavy atom. The molecule has 7 heteroatoms. The van der Waals surface area contributed by atoms with E-state index < -0.39 is 5.82 Å². The number of nitrogens with one attached hydrogen (secondary N) is 1. The minimum Gasteiger partial charge on any atom is -0.352 e. The fourth-order valence-electron chi connectivity index (χ4n) is 3.39. The third-order valence-corrected chi connectivity index (χ3v) is 5.35. The lowest BCUT2D eigenvalue weighted by atomic mass is 10.1. The van der Waals surface area contributed by atoms with Crippen LogP contribution < -0.4 is 4.90 Å². The van der Waals surface area contributed by atoms with Gasteiger partial charge >= 0.3 is 0 Å². The lowest BCUT2D eigenvalue weighted by molar-refractivity contribution is -0.130. The minimum absolute atomic E-state index is 0.0218. The molecule has 1 aliphatic rings. The second-order valence-corrected chi connectivity index (χ2v) is 7.16. The number of anilines is 1. The van der Waals surface area contributed by atoms with Gasteiger partial charge in [0, 0.05) is 42.8 Å². The summed E-state index contributed by atoms with van der Waals surface area (Å²) in [7, 11) is 0. The van der Waals surface area contributed by atoms with Crippen LogP contribution in [-0.2, 0) is 11.2 Å². The molecule has 0 aliphatic carbocycles. The summed E-state index contributed by atoms with van der Waals surface area (Å²) in [6.45, 7) is 2.49. The van der Waals surface area contributed by atoms with Gasteiger partial charge in [0.05, 0.1) is 12.1 Å². The number of hydrogen-bond donors (Lipinski definition) is 1. The Bertz CT molecular complexity index is 947. The number of carbonyl (C=O) groups is 1. The standard InChI is InChI=1S/C21H20ClFN4O/c22-17-7-4-8-18(23)16(17)13-21(28)27-11-9-26(10-12-27)20-14-19(24-25-20)15-5-2-1-3-6-15/h1-8,14H,9-13H2,(H,24,25). The van der Waals surface area contributed by atoms with Gasteiger partial charge in [0.25, 0.3) is 0 Å². The van der Waals surface area contributed by atoms with Crippen LogP contribution in [0.25, 0.3) is 11.3 Å². The maximum Gasteiger partial charge on any atom is 0.227 e. The first-order chi connectivity index (χ1) is 13.6. The number of halogens is 2. The third kappa shape index (κ3) is 3.87. The van der Waals surface area contributed by atoms with Crippen LogP contribution in [0.15, 0.2) is 54.6 Å². The van der Waals surface area contributed by atoms with Crippen molar-refractivity contribution in [2.75, 3.05) is 31.1 Å². The second kappa shape index (κ2) is 8.02. The predicted molar refractivity (Wildman–Crippen MR) is 108 cm³/mol. The Hall–Kier alpha value is -2.86. The molecule has 0 saturated carbocycles. The molecule has 1 aliphatic heterocycles. The van der Waals surface area contributed by atoms with E-state index in [0.717, 1.165) is 17.1 Å². The average molecular weight is 399 g/mol. The van der Waals surface area contributed by atoms with E-state index in [2.05, 4.69) is 15.1 Å². The van der Waals surface area contributed by atoms with Gasteiger partial charge in [0.2, 0.25) is 5.91 Å². The van der Waals surface area contributed by atoms with Crippen molar-refractivity contribution in [3.63, 3.8) is 0 Å². The van der Waals surface area contributed by atoms with Crippen LogP contribution in [0.4, 0.5) is 10.2 Å². The number of carbonyl (C=O) groups excluding carboxylic acids is 1. The Kier molecular flexibility index (Phi) is 5.30. The number of piperazine rings is 1. The maximum atomic E-state index is 13.9. The highest BCUT2D eigenvalue weighted by atomic mass is 35.5. The maximum absolute atomic E-state index is 13.9. The molecule has 0 radical (unpaired) electrons. The molecule has 3 aromatic rings. The van der Waals surface area contributed by atoms with Crippen LogP contribution in [0.1, 0.15) is 5.56 Å². The van der Waals surface area contributed by atoms with E-state index in [1.54, 1.807) is 11.0 Å². The second-order valence-electron chi connectivity index (χ2n) is 6.75. The first-order valence-electron chi connectivity index (χ1n) is 9.18. The summed E-state index contributed by atoms with van der Waals surface area (Å²) in [6, 6.07) is 16.5. The van der Waals surface area contributed by atoms with E-state index >= 15 is 0 Å². The highest BCUT2D eigenvalue weighted by Gasteiger charge is 2.24. The number of hydrogen-bond acceptors (Lipinski definition) is 3. The normalized spacial score (nSPS) is 14.4. The first kappa shape index (κ1) is 18.5. The van der Waals surface area contributed by atoms with Gasteiger partial charge in [-0.2, -0.15) is 5.10 Å². The molecule has 1 fully saturated rings. The molecule has 28 heavy (non-hydrogen) atoms. The highest BCUT2D eigenvalue weighted by Crippen LogP contribution is 2.23. The summed E-state index contributed by atoms with van der Waals surface area (Å²) in [5, 5.41) is 7.77. The molecule has 1 amide bonds. The SMILES string of the molecule is O=C(Cc1c(F)cccc1Cl)N1CCN(c2cc(-c3ccccc3)[nH]n2)CC1. The number of rotatable bonds is 4. The Labute approximate surface area is 167 Å². The molecule has 1 aromatic heterocycles. The molecular formula is C21H20ClFN4O. The zero-order valence-electron chi connectivity index (χ0n) is 15.2. The Morgan fingerprint density at radius 2 is 1.82 bits per heavy atom. The van der Waals surface area contributed by atoms with Gasteiger partial charge < -0.3 is 9.80 Å². The van der Waals surface area contributed by atoms with Crippen LogP contribution in [0.5, 0.6) is 0 Å². The molecule has 5 nitrogen and oxygen atoms in total. The van der Waals surface area contributed by atoms with E-state index in [-0.39, 0.29) is 22.9 Å². The van der Waals surface area contributed by atoms with Crippen molar-refractivity contribution in [1.29, 1.82) is 0 Å². The Balaban J connectivity index is 1.37. The van der Waals surface area contributed by atoms with Gasteiger partial charge in [0.15, 0.2) is 5.82 Å². The molecule has 0 bridgehead atoms. The van der Waals surface area contributed by atoms with E-state index in [9.17, 15) is 9.18 Å². The van der Waals surface area contributed by atoms with E-state index in [1.807, 2.05) is 36.4 Å². The summed E-state index contributed by atoms with van der Waals surface area (Å²) >= 11 is 6.04. The summed E-state index contributed by atoms with van der Waals surface area (Å²) < 4.78 is 13.9. The number of amides is 1. The van der Waals surface area contributed by atoms with Crippen molar-refractivity contribution in [3.05, 3.63) is 71.0 Å². The first-order valence-corrected chi connectivity index (χ1v) is 9.56. The van der Waals surface area contributed by atoms with E-state index in [1.165, 1.54) is 12.1 Å². The van der Waals surface area contributed by atoms with Crippen LogP contribution >= 0.6 is 11.6 Å². The summed E-state index contributed by atoms with van der Waals surface area (Å²) in [5.74, 6) is 0.311. The molecule has 1 saturated heterocycles. The fourth-order valence-corrected chi connectivity index (χ4v) is 3.62. The van der Waals surface area contributed by atoms with Gasteiger partial charge in [-0.3, -0.25) is 9.89 Å². The monoisotopic (exact) mass is 398 g/mol. The van der Waals surface area contributed by atoms with Crippen molar-refractivity contribution < 1.29 is 9.18 Å². The smallest absolute Gasteiger partial charge is 0.227 e. The minimum atomic E-state index is -0.440. The van der Waals surface area contributed by atoms with E-state index in [4.69, 9.17) is 11.6 Å². The van der Waals surface area contributed by atoms with Crippen LogP contribution in [-0.4, -0.2) is 47.2 Å².